The SMILES string of the molecule is CC[C@H](C)[C@H](NC(=O)CNC(=O)[C@H](CC(C)C)NC(=O)[C@@H]1CCCN1C(=O)CN)C(=O)N[C@@H](C)C(=O)NCC(=O)N[C@@H](CCC(N)=O)C(=O)NCC(=O)O. The van der Waals surface area contributed by atoms with Gasteiger partial charge in [0.25, 0.3) is 0 Å². The number of likely N-dealkylation sites (tertiary alicyclic amines) is 1. The Morgan fingerprint density at radius 1 is 0.759 bits per heavy atom. The Morgan fingerprint density at radius 3 is 1.89 bits per heavy atom. The normalized spacial score (nSPS) is 16.4. The molecule has 0 saturated carbocycles. The Balaban J connectivity index is 2.79. The Hall–Kier alpha value is -5.34. The first-order valence-electron chi connectivity index (χ1n) is 17.8. The van der Waals surface area contributed by atoms with E-state index in [9.17, 15) is 47.9 Å². The fourth-order valence-corrected chi connectivity index (χ4v) is 5.42. The largest absolute Gasteiger partial charge is 0.480 e. The van der Waals surface area contributed by atoms with Gasteiger partial charge in [0.2, 0.25) is 53.2 Å². The lowest BCUT2D eigenvalue weighted by atomic mass is 9.98. The molecule has 0 aromatic rings. The summed E-state index contributed by atoms with van der Waals surface area (Å²) >= 11 is 0. The summed E-state index contributed by atoms with van der Waals surface area (Å²) in [4.78, 5) is 125. The molecule has 0 bridgehead atoms. The zero-order chi connectivity index (χ0) is 41.1. The number of rotatable bonds is 23. The predicted molar refractivity (Wildman–Crippen MR) is 191 cm³/mol. The van der Waals surface area contributed by atoms with Crippen LogP contribution in [0.5, 0.6) is 0 Å². The number of nitrogens with two attached hydrogens (primary N) is 2. The summed E-state index contributed by atoms with van der Waals surface area (Å²) in [6.45, 7) is 6.70. The van der Waals surface area contributed by atoms with Crippen LogP contribution >= 0.6 is 0 Å². The van der Waals surface area contributed by atoms with Crippen LogP contribution in [0.4, 0.5) is 0 Å². The van der Waals surface area contributed by atoms with E-state index in [2.05, 4.69) is 37.2 Å². The summed E-state index contributed by atoms with van der Waals surface area (Å²) in [6.07, 6.45) is 1.19. The first-order chi connectivity index (χ1) is 25.3. The molecule has 0 unspecified atom stereocenters. The van der Waals surface area contributed by atoms with Crippen molar-refractivity contribution in [2.75, 3.05) is 32.7 Å². The van der Waals surface area contributed by atoms with Gasteiger partial charge in [0.05, 0.1) is 19.6 Å². The topological polar surface area (TPSA) is 330 Å². The van der Waals surface area contributed by atoms with Gasteiger partial charge >= 0.3 is 5.97 Å². The van der Waals surface area contributed by atoms with E-state index in [4.69, 9.17) is 16.6 Å². The second-order valence-electron chi connectivity index (χ2n) is 13.5. The Labute approximate surface area is 313 Å². The van der Waals surface area contributed by atoms with Crippen molar-refractivity contribution in [3.05, 3.63) is 0 Å². The average molecular weight is 769 g/mol. The van der Waals surface area contributed by atoms with Crippen LogP contribution in [0, 0.1) is 11.8 Å². The second kappa shape index (κ2) is 23.4. The fraction of sp³-hybridized carbons (Fsp3) is 0.697. The lowest BCUT2D eigenvalue weighted by Crippen LogP contribution is -2.57. The Kier molecular flexibility index (Phi) is 20.2. The first kappa shape index (κ1) is 46.7. The standard InChI is InChI=1S/C33H56N10O11/c1-6-18(4)28(33(54)39-19(5)29(50)36-14-24(45)40-20(9-10-23(35)44)30(51)38-16-27(48)49)42-25(46)15-37-31(52)21(12-17(2)3)41-32(53)22-8-7-11-43(22)26(47)13-34/h17-22,28H,6-16,34H2,1-5H3,(H2,35,44)(H,36,50)(H,37,52)(H,38,51)(H,39,54)(H,40,45)(H,41,53)(H,42,46)(H,48,49)/t18-,19-,20-,21-,22-,28-/m0/s1. The van der Waals surface area contributed by atoms with Crippen molar-refractivity contribution in [2.24, 2.45) is 23.3 Å². The van der Waals surface area contributed by atoms with Crippen molar-refractivity contribution < 1.29 is 53.1 Å². The minimum atomic E-state index is -1.34. The van der Waals surface area contributed by atoms with Gasteiger partial charge in [0, 0.05) is 13.0 Å². The molecule has 9 amide bonds. The van der Waals surface area contributed by atoms with E-state index in [0.29, 0.717) is 25.8 Å². The summed E-state index contributed by atoms with van der Waals surface area (Å²) < 4.78 is 0. The monoisotopic (exact) mass is 768 g/mol. The number of hydrogen-bond acceptors (Lipinski definition) is 11. The fourth-order valence-electron chi connectivity index (χ4n) is 5.42. The van der Waals surface area contributed by atoms with Crippen molar-refractivity contribution in [3.63, 3.8) is 0 Å². The summed E-state index contributed by atoms with van der Waals surface area (Å²) in [5, 5.41) is 25.7. The van der Waals surface area contributed by atoms with Gasteiger partial charge in [-0.15, -0.1) is 0 Å². The van der Waals surface area contributed by atoms with Crippen LogP contribution in [-0.4, -0.2) is 132 Å². The number of carboxylic acid groups (broad SMARTS) is 1. The maximum absolute atomic E-state index is 13.2. The molecular weight excluding hydrogens is 712 g/mol. The van der Waals surface area contributed by atoms with Crippen molar-refractivity contribution in [1.82, 2.24) is 42.1 Å². The van der Waals surface area contributed by atoms with E-state index in [1.54, 1.807) is 13.8 Å². The minimum absolute atomic E-state index is 0.0191. The minimum Gasteiger partial charge on any atom is -0.480 e. The van der Waals surface area contributed by atoms with Gasteiger partial charge in [-0.05, 0) is 44.4 Å². The van der Waals surface area contributed by atoms with E-state index in [0.717, 1.165) is 0 Å². The lowest BCUT2D eigenvalue weighted by Gasteiger charge is -2.27. The van der Waals surface area contributed by atoms with Crippen molar-refractivity contribution in [1.29, 1.82) is 0 Å². The number of carboxylic acids is 1. The quantitative estimate of drug-likeness (QED) is 0.0472. The number of carbonyl (C=O) groups is 10. The molecule has 1 aliphatic heterocycles. The summed E-state index contributed by atoms with van der Waals surface area (Å²) in [6, 6.07) is -5.42. The summed E-state index contributed by atoms with van der Waals surface area (Å²) in [5.74, 6) is -8.04. The van der Waals surface area contributed by atoms with Crippen molar-refractivity contribution >= 4 is 59.1 Å². The number of nitrogens with zero attached hydrogens (tertiary/aromatic N) is 1. The number of amides is 9. The Morgan fingerprint density at radius 2 is 1.33 bits per heavy atom. The van der Waals surface area contributed by atoms with Crippen LogP contribution < -0.4 is 48.7 Å². The van der Waals surface area contributed by atoms with Crippen LogP contribution in [0.25, 0.3) is 0 Å². The number of carbonyl (C=O) groups excluding carboxylic acids is 9. The smallest absolute Gasteiger partial charge is 0.322 e. The van der Waals surface area contributed by atoms with Crippen LogP contribution in [-0.2, 0) is 47.9 Å². The van der Waals surface area contributed by atoms with Gasteiger partial charge in [0.1, 0.15) is 36.8 Å². The second-order valence-corrected chi connectivity index (χ2v) is 13.5. The zero-order valence-corrected chi connectivity index (χ0v) is 31.5. The molecular formula is C33H56N10O11. The highest BCUT2D eigenvalue weighted by atomic mass is 16.4. The van der Waals surface area contributed by atoms with Crippen LogP contribution in [0.2, 0.25) is 0 Å². The molecule has 1 rings (SSSR count). The maximum Gasteiger partial charge on any atom is 0.322 e. The van der Waals surface area contributed by atoms with E-state index < -0.39 is 109 Å². The third-order valence-corrected chi connectivity index (χ3v) is 8.55. The molecule has 1 aliphatic rings. The van der Waals surface area contributed by atoms with Gasteiger partial charge in [-0.1, -0.05) is 34.1 Å². The van der Waals surface area contributed by atoms with Gasteiger partial charge in [-0.3, -0.25) is 47.9 Å². The van der Waals surface area contributed by atoms with Gasteiger partial charge in [-0.25, -0.2) is 0 Å². The van der Waals surface area contributed by atoms with E-state index in [1.165, 1.54) is 11.8 Å². The van der Waals surface area contributed by atoms with Crippen LogP contribution in [0.3, 0.4) is 0 Å². The summed E-state index contributed by atoms with van der Waals surface area (Å²) in [7, 11) is 0. The van der Waals surface area contributed by atoms with Crippen LogP contribution in [0.1, 0.15) is 73.1 Å². The zero-order valence-electron chi connectivity index (χ0n) is 31.5. The average Bonchev–Trinajstić information content (AvgIpc) is 3.61. The van der Waals surface area contributed by atoms with Gasteiger partial charge in [0.15, 0.2) is 0 Å². The molecule has 6 atom stereocenters. The molecule has 12 N–H and O–H groups in total. The molecule has 1 saturated heterocycles. The Bertz CT molecular complexity index is 1390. The molecule has 54 heavy (non-hydrogen) atoms. The highest BCUT2D eigenvalue weighted by molar-refractivity contribution is 5.96. The molecule has 1 heterocycles. The maximum atomic E-state index is 13.2. The molecule has 0 radical (unpaired) electrons. The molecule has 1 fully saturated rings. The molecule has 21 heteroatoms. The van der Waals surface area contributed by atoms with E-state index in [-0.39, 0.29) is 37.6 Å². The number of aliphatic carboxylic acids is 1. The lowest BCUT2D eigenvalue weighted by molar-refractivity contribution is -0.139. The third kappa shape index (κ3) is 16.6. The molecule has 304 valence electrons. The van der Waals surface area contributed by atoms with Gasteiger partial charge in [-0.2, -0.15) is 0 Å². The molecule has 0 aromatic carbocycles. The van der Waals surface area contributed by atoms with Crippen molar-refractivity contribution in [2.45, 2.75) is 103 Å². The van der Waals surface area contributed by atoms with E-state index in [1.807, 2.05) is 13.8 Å². The first-order valence-corrected chi connectivity index (χ1v) is 17.8. The third-order valence-electron chi connectivity index (χ3n) is 8.55. The number of primary amides is 1. The molecule has 21 nitrogen and oxygen atoms in total. The number of nitrogens with one attached hydrogen (secondary N) is 7. The highest BCUT2D eigenvalue weighted by Crippen LogP contribution is 2.18. The van der Waals surface area contributed by atoms with Crippen molar-refractivity contribution in [3.8, 4) is 0 Å². The highest BCUT2D eigenvalue weighted by Gasteiger charge is 2.36. The molecule has 0 aromatic heterocycles. The molecule has 0 aliphatic carbocycles. The van der Waals surface area contributed by atoms with E-state index >= 15 is 0 Å². The predicted octanol–water partition coefficient (Wildman–Crippen LogP) is -4.31. The molecule has 0 spiro atoms. The summed E-state index contributed by atoms with van der Waals surface area (Å²) in [5.41, 5.74) is 10.6. The van der Waals surface area contributed by atoms with Crippen LogP contribution in [0.15, 0.2) is 0 Å². The van der Waals surface area contributed by atoms with Gasteiger partial charge < -0.3 is 58.7 Å². The number of hydrogen-bond donors (Lipinski definition) is 10.